The van der Waals surface area contributed by atoms with Gasteiger partial charge in [0.2, 0.25) is 0 Å². The molecule has 1 aromatic heterocycles. The summed E-state index contributed by atoms with van der Waals surface area (Å²) in [4.78, 5) is 5.12. The van der Waals surface area contributed by atoms with Crippen LogP contribution in [0.4, 0.5) is 0 Å². The summed E-state index contributed by atoms with van der Waals surface area (Å²) in [6.45, 7) is 2.38. The lowest BCUT2D eigenvalue weighted by atomic mass is 10.1. The van der Waals surface area contributed by atoms with E-state index < -0.39 is 0 Å². The molecule has 0 fully saturated rings. The van der Waals surface area contributed by atoms with Gasteiger partial charge in [0.15, 0.2) is 0 Å². The molecular weight excluding hydrogens is 246 g/mol. The fourth-order valence-electron chi connectivity index (χ4n) is 1.60. The second-order valence-electron chi connectivity index (χ2n) is 4.29. The third-order valence-electron chi connectivity index (χ3n) is 2.64. The Morgan fingerprint density at radius 1 is 1.33 bits per heavy atom. The lowest BCUT2D eigenvalue weighted by molar-refractivity contribution is 0.185. The number of aliphatic hydroxyl groups is 1. The van der Waals surface area contributed by atoms with Gasteiger partial charge in [-0.05, 0) is 37.5 Å². The molecule has 0 aliphatic carbocycles. The van der Waals surface area contributed by atoms with Crippen molar-refractivity contribution in [1.82, 2.24) is 4.98 Å². The highest BCUT2D eigenvalue weighted by molar-refractivity contribution is 7.09. The first kappa shape index (κ1) is 13.1. The fourth-order valence-corrected chi connectivity index (χ4v) is 2.10. The first-order valence-corrected chi connectivity index (χ1v) is 6.89. The van der Waals surface area contributed by atoms with Crippen LogP contribution in [-0.2, 0) is 13.0 Å². The quantitative estimate of drug-likeness (QED) is 0.871. The molecule has 2 aromatic rings. The summed E-state index contributed by atoms with van der Waals surface area (Å²) in [7, 11) is 0. The number of nitrogens with zero attached hydrogens (tertiary/aromatic N) is 1. The van der Waals surface area contributed by atoms with Gasteiger partial charge in [-0.1, -0.05) is 12.1 Å². The van der Waals surface area contributed by atoms with Gasteiger partial charge >= 0.3 is 0 Å². The van der Waals surface area contributed by atoms with Crippen molar-refractivity contribution in [2.45, 2.75) is 32.5 Å². The predicted molar refractivity (Wildman–Crippen MR) is 72.9 cm³/mol. The SMILES string of the molecule is CC(O)CCc1ccc(OCc2cncs2)cc1. The molecule has 18 heavy (non-hydrogen) atoms. The van der Waals surface area contributed by atoms with Crippen molar-refractivity contribution in [1.29, 1.82) is 0 Å². The minimum atomic E-state index is -0.243. The topological polar surface area (TPSA) is 42.4 Å². The van der Waals surface area contributed by atoms with Crippen LogP contribution in [0.5, 0.6) is 5.75 Å². The zero-order valence-electron chi connectivity index (χ0n) is 10.4. The minimum Gasteiger partial charge on any atom is -0.488 e. The highest BCUT2D eigenvalue weighted by Crippen LogP contribution is 2.16. The second kappa shape index (κ2) is 6.52. The molecule has 2 rings (SSSR count). The van der Waals surface area contributed by atoms with Gasteiger partial charge in [0, 0.05) is 6.20 Å². The summed E-state index contributed by atoms with van der Waals surface area (Å²) in [6, 6.07) is 8.03. The lowest BCUT2D eigenvalue weighted by Crippen LogP contribution is -2.01. The van der Waals surface area contributed by atoms with Gasteiger partial charge in [-0.25, -0.2) is 0 Å². The van der Waals surface area contributed by atoms with E-state index in [1.165, 1.54) is 5.56 Å². The molecule has 3 nitrogen and oxygen atoms in total. The summed E-state index contributed by atoms with van der Waals surface area (Å²) in [5.74, 6) is 0.865. The second-order valence-corrected chi connectivity index (χ2v) is 5.26. The highest BCUT2D eigenvalue weighted by atomic mass is 32.1. The van der Waals surface area contributed by atoms with Gasteiger partial charge in [0.05, 0.1) is 16.5 Å². The minimum absolute atomic E-state index is 0.243. The molecule has 0 spiro atoms. The molecule has 0 saturated carbocycles. The Bertz CT molecular complexity index is 451. The van der Waals surface area contributed by atoms with E-state index in [2.05, 4.69) is 4.98 Å². The zero-order valence-corrected chi connectivity index (χ0v) is 11.2. The Labute approximate surface area is 111 Å². The maximum absolute atomic E-state index is 9.23. The Morgan fingerprint density at radius 3 is 2.72 bits per heavy atom. The van der Waals surface area contributed by atoms with E-state index in [1.807, 2.05) is 37.4 Å². The van der Waals surface area contributed by atoms with Gasteiger partial charge < -0.3 is 9.84 Å². The first-order valence-electron chi connectivity index (χ1n) is 6.01. The van der Waals surface area contributed by atoms with Crippen LogP contribution < -0.4 is 4.74 Å². The van der Waals surface area contributed by atoms with Gasteiger partial charge in [-0.15, -0.1) is 11.3 Å². The first-order chi connectivity index (χ1) is 8.74. The van der Waals surface area contributed by atoms with E-state index in [9.17, 15) is 5.11 Å². The molecule has 0 amide bonds. The number of hydrogen-bond donors (Lipinski definition) is 1. The number of aliphatic hydroxyl groups excluding tert-OH is 1. The normalized spacial score (nSPS) is 12.3. The largest absolute Gasteiger partial charge is 0.488 e. The van der Waals surface area contributed by atoms with Crippen molar-refractivity contribution in [2.24, 2.45) is 0 Å². The van der Waals surface area contributed by atoms with Crippen LogP contribution in [-0.4, -0.2) is 16.2 Å². The smallest absolute Gasteiger partial charge is 0.124 e. The maximum Gasteiger partial charge on any atom is 0.124 e. The highest BCUT2D eigenvalue weighted by Gasteiger charge is 2.00. The van der Waals surface area contributed by atoms with E-state index in [-0.39, 0.29) is 6.10 Å². The van der Waals surface area contributed by atoms with Crippen LogP contribution in [0.2, 0.25) is 0 Å². The predicted octanol–water partition coefficient (Wildman–Crippen LogP) is 3.04. The summed E-state index contributed by atoms with van der Waals surface area (Å²) < 4.78 is 5.65. The van der Waals surface area contributed by atoms with Gasteiger partial charge in [-0.3, -0.25) is 4.98 Å². The Kier molecular flexibility index (Phi) is 4.73. The maximum atomic E-state index is 9.23. The Morgan fingerprint density at radius 2 is 2.11 bits per heavy atom. The van der Waals surface area contributed by atoms with Gasteiger partial charge in [-0.2, -0.15) is 0 Å². The summed E-state index contributed by atoms with van der Waals surface area (Å²) >= 11 is 1.59. The van der Waals surface area contributed by atoms with Crippen LogP contribution in [0.1, 0.15) is 23.8 Å². The van der Waals surface area contributed by atoms with Crippen LogP contribution in [0.25, 0.3) is 0 Å². The van der Waals surface area contributed by atoms with Crippen LogP contribution in [0.15, 0.2) is 36.0 Å². The van der Waals surface area contributed by atoms with Crippen LogP contribution >= 0.6 is 11.3 Å². The Hall–Kier alpha value is -1.39. The average molecular weight is 263 g/mol. The number of hydrogen-bond acceptors (Lipinski definition) is 4. The van der Waals surface area contributed by atoms with E-state index in [0.717, 1.165) is 23.5 Å². The zero-order chi connectivity index (χ0) is 12.8. The number of benzene rings is 1. The van der Waals surface area contributed by atoms with E-state index in [1.54, 1.807) is 16.8 Å². The molecule has 4 heteroatoms. The van der Waals surface area contributed by atoms with Crippen molar-refractivity contribution in [2.75, 3.05) is 0 Å². The van der Waals surface area contributed by atoms with Gasteiger partial charge in [0.1, 0.15) is 12.4 Å². The monoisotopic (exact) mass is 263 g/mol. The summed E-state index contributed by atoms with van der Waals surface area (Å²) in [5.41, 5.74) is 3.03. The number of aromatic nitrogens is 1. The van der Waals surface area contributed by atoms with Crippen molar-refractivity contribution >= 4 is 11.3 Å². The third kappa shape index (κ3) is 4.13. The van der Waals surface area contributed by atoms with Crippen molar-refractivity contribution in [3.8, 4) is 5.75 Å². The van der Waals surface area contributed by atoms with Crippen molar-refractivity contribution < 1.29 is 9.84 Å². The molecule has 0 saturated heterocycles. The summed E-state index contributed by atoms with van der Waals surface area (Å²) in [6.07, 6.45) is 3.27. The number of rotatable bonds is 6. The molecule has 1 atom stereocenters. The third-order valence-corrected chi connectivity index (χ3v) is 3.39. The lowest BCUT2D eigenvalue weighted by Gasteiger charge is -2.07. The molecule has 0 aliphatic heterocycles. The van der Waals surface area contributed by atoms with Crippen molar-refractivity contribution in [3.05, 3.63) is 46.4 Å². The molecule has 1 aromatic carbocycles. The van der Waals surface area contributed by atoms with E-state index >= 15 is 0 Å². The molecule has 1 heterocycles. The number of thiazole rings is 1. The fraction of sp³-hybridized carbons (Fsp3) is 0.357. The Balaban J connectivity index is 1.83. The molecule has 0 radical (unpaired) electrons. The average Bonchev–Trinajstić information content (AvgIpc) is 2.88. The molecular formula is C14H17NO2S. The van der Waals surface area contributed by atoms with Crippen molar-refractivity contribution in [3.63, 3.8) is 0 Å². The standard InChI is InChI=1S/C14H17NO2S/c1-11(16)2-3-12-4-6-13(7-5-12)17-9-14-8-15-10-18-14/h4-8,10-11,16H,2-3,9H2,1H3. The molecule has 0 aliphatic rings. The van der Waals surface area contributed by atoms with Gasteiger partial charge in [0.25, 0.3) is 0 Å². The van der Waals surface area contributed by atoms with Crippen LogP contribution in [0.3, 0.4) is 0 Å². The summed E-state index contributed by atoms with van der Waals surface area (Å²) in [5, 5.41) is 9.23. The van der Waals surface area contributed by atoms with Crippen LogP contribution in [0, 0.1) is 0 Å². The van der Waals surface area contributed by atoms with E-state index in [0.29, 0.717) is 6.61 Å². The molecule has 1 unspecified atom stereocenters. The molecule has 96 valence electrons. The van der Waals surface area contributed by atoms with E-state index in [4.69, 9.17) is 4.74 Å². The number of aryl methyl sites for hydroxylation is 1. The molecule has 0 bridgehead atoms. The number of ether oxygens (including phenoxy) is 1. The molecule has 1 N–H and O–H groups in total.